The molecular weight excluding hydrogens is 496 g/mol. The van der Waals surface area contributed by atoms with Crippen LogP contribution in [0.4, 0.5) is 13.2 Å². The van der Waals surface area contributed by atoms with E-state index in [0.717, 1.165) is 15.0 Å². The third kappa shape index (κ3) is 5.20. The first-order chi connectivity index (χ1) is 15.6. The lowest BCUT2D eigenvalue weighted by Crippen LogP contribution is -2.46. The van der Waals surface area contributed by atoms with Crippen molar-refractivity contribution in [1.82, 2.24) is 9.42 Å². The summed E-state index contributed by atoms with van der Waals surface area (Å²) in [4.78, 5) is -0.147. The van der Waals surface area contributed by atoms with Gasteiger partial charge in [-0.15, -0.1) is 4.41 Å². The standard InChI is InChI=1S/C23H19Cl2F3N2O2S/c24-18-8-6-17(7-9-18)22-21(16-4-2-1-3-5-16)14-29(15-23(26,27)28)30(22)33(31,32)20-12-10-19(25)11-13-20/h1-13,21-22H,14-15H2. The average Bonchev–Trinajstić information content (AvgIpc) is 3.13. The fourth-order valence-corrected chi connectivity index (χ4v) is 6.05. The summed E-state index contributed by atoms with van der Waals surface area (Å²) < 4.78 is 68.9. The highest BCUT2D eigenvalue weighted by Gasteiger charge is 2.51. The first kappa shape index (κ1) is 24.0. The van der Waals surface area contributed by atoms with Crippen molar-refractivity contribution in [3.05, 3.63) is 100 Å². The van der Waals surface area contributed by atoms with Gasteiger partial charge in [-0.2, -0.15) is 13.2 Å². The van der Waals surface area contributed by atoms with E-state index in [4.69, 9.17) is 23.2 Å². The highest BCUT2D eigenvalue weighted by molar-refractivity contribution is 7.89. The van der Waals surface area contributed by atoms with Crippen LogP contribution in [0.1, 0.15) is 23.1 Å². The van der Waals surface area contributed by atoms with Gasteiger partial charge in [-0.1, -0.05) is 65.7 Å². The quantitative estimate of drug-likeness (QED) is 0.401. The van der Waals surface area contributed by atoms with Crippen molar-refractivity contribution in [3.63, 3.8) is 0 Å². The highest BCUT2D eigenvalue weighted by atomic mass is 35.5. The number of nitrogens with zero attached hydrogens (tertiary/aromatic N) is 2. The fraction of sp³-hybridized carbons (Fsp3) is 0.217. The number of halogens is 5. The van der Waals surface area contributed by atoms with Crippen LogP contribution in [0.15, 0.2) is 83.8 Å². The van der Waals surface area contributed by atoms with Crippen molar-refractivity contribution >= 4 is 33.2 Å². The number of alkyl halides is 3. The first-order valence-electron chi connectivity index (χ1n) is 9.98. The first-order valence-corrected chi connectivity index (χ1v) is 12.2. The van der Waals surface area contributed by atoms with E-state index in [1.165, 1.54) is 24.3 Å². The van der Waals surface area contributed by atoms with Crippen molar-refractivity contribution in [1.29, 1.82) is 0 Å². The van der Waals surface area contributed by atoms with Crippen LogP contribution >= 0.6 is 23.2 Å². The fourth-order valence-electron chi connectivity index (χ4n) is 4.10. The van der Waals surface area contributed by atoms with E-state index in [1.807, 2.05) is 0 Å². The van der Waals surface area contributed by atoms with Crippen LogP contribution in [0.2, 0.25) is 10.0 Å². The molecule has 0 saturated carbocycles. The molecule has 3 aromatic carbocycles. The summed E-state index contributed by atoms with van der Waals surface area (Å²) in [5, 5.41) is 1.62. The summed E-state index contributed by atoms with van der Waals surface area (Å²) in [5.74, 6) is -0.545. The normalized spacial score (nSPS) is 20.3. The van der Waals surface area contributed by atoms with Crippen molar-refractivity contribution in [3.8, 4) is 0 Å². The zero-order valence-corrected chi connectivity index (χ0v) is 19.4. The van der Waals surface area contributed by atoms with Gasteiger partial charge in [0.2, 0.25) is 0 Å². The molecule has 0 radical (unpaired) electrons. The largest absolute Gasteiger partial charge is 0.402 e. The minimum Gasteiger partial charge on any atom is -0.217 e. The molecule has 33 heavy (non-hydrogen) atoms. The molecule has 0 spiro atoms. The lowest BCUT2D eigenvalue weighted by molar-refractivity contribution is -0.161. The molecule has 1 heterocycles. The van der Waals surface area contributed by atoms with Crippen LogP contribution in [-0.4, -0.2) is 37.1 Å². The summed E-state index contributed by atoms with van der Waals surface area (Å²) in [7, 11) is -4.36. The molecule has 1 aliphatic rings. The van der Waals surface area contributed by atoms with Gasteiger partial charge < -0.3 is 0 Å². The lowest BCUT2D eigenvalue weighted by atomic mass is 9.89. The number of hydrogen-bond acceptors (Lipinski definition) is 3. The van der Waals surface area contributed by atoms with Gasteiger partial charge in [-0.3, -0.25) is 0 Å². The number of benzene rings is 3. The van der Waals surface area contributed by atoms with Crippen molar-refractivity contribution in [2.45, 2.75) is 23.0 Å². The molecule has 4 nitrogen and oxygen atoms in total. The Morgan fingerprint density at radius 3 is 1.91 bits per heavy atom. The molecular formula is C23H19Cl2F3N2O2S. The summed E-state index contributed by atoms with van der Waals surface area (Å²) >= 11 is 11.9. The van der Waals surface area contributed by atoms with Crippen LogP contribution in [0.5, 0.6) is 0 Å². The highest BCUT2D eigenvalue weighted by Crippen LogP contribution is 2.47. The van der Waals surface area contributed by atoms with E-state index in [-0.39, 0.29) is 11.4 Å². The monoisotopic (exact) mass is 514 g/mol. The molecule has 2 atom stereocenters. The SMILES string of the molecule is O=S(=O)(c1ccc(Cl)cc1)N1C(c2ccc(Cl)cc2)C(c2ccccc2)CN1CC(F)(F)F. The van der Waals surface area contributed by atoms with Gasteiger partial charge in [0.15, 0.2) is 0 Å². The second-order valence-corrected chi connectivity index (χ2v) is 10.4. The van der Waals surface area contributed by atoms with Gasteiger partial charge in [0.25, 0.3) is 10.0 Å². The van der Waals surface area contributed by atoms with Crippen molar-refractivity contribution in [2.24, 2.45) is 0 Å². The van der Waals surface area contributed by atoms with Crippen LogP contribution in [0.3, 0.4) is 0 Å². The van der Waals surface area contributed by atoms with Crippen molar-refractivity contribution < 1.29 is 21.6 Å². The van der Waals surface area contributed by atoms with Gasteiger partial charge >= 0.3 is 6.18 Å². The van der Waals surface area contributed by atoms with Gasteiger partial charge in [-0.05, 0) is 47.5 Å². The Hall–Kier alpha value is -2.10. The van der Waals surface area contributed by atoms with E-state index >= 15 is 0 Å². The predicted octanol–water partition coefficient (Wildman–Crippen LogP) is 6.30. The number of sulfonamides is 1. The molecule has 0 aromatic heterocycles. The Morgan fingerprint density at radius 2 is 1.36 bits per heavy atom. The summed E-state index contributed by atoms with van der Waals surface area (Å²) in [5.41, 5.74) is 1.27. The molecule has 0 amide bonds. The van der Waals surface area contributed by atoms with Crippen LogP contribution in [0, 0.1) is 0 Å². The molecule has 10 heteroatoms. The molecule has 0 N–H and O–H groups in total. The smallest absolute Gasteiger partial charge is 0.217 e. The zero-order chi connectivity index (χ0) is 23.8. The minimum atomic E-state index is -4.61. The predicted molar refractivity (Wildman–Crippen MR) is 121 cm³/mol. The summed E-state index contributed by atoms with van der Waals surface area (Å²) in [6.07, 6.45) is -4.61. The molecule has 4 rings (SSSR count). The topological polar surface area (TPSA) is 40.6 Å². The zero-order valence-electron chi connectivity index (χ0n) is 17.1. The van der Waals surface area contributed by atoms with Gasteiger partial charge in [-0.25, -0.2) is 13.4 Å². The van der Waals surface area contributed by atoms with E-state index in [2.05, 4.69) is 0 Å². The van der Waals surface area contributed by atoms with Gasteiger partial charge in [0.1, 0.15) is 6.54 Å². The molecule has 1 aliphatic heterocycles. The van der Waals surface area contributed by atoms with Crippen LogP contribution in [-0.2, 0) is 10.0 Å². The van der Waals surface area contributed by atoms with Crippen LogP contribution < -0.4 is 0 Å². The third-order valence-corrected chi connectivity index (χ3v) is 7.79. The third-order valence-electron chi connectivity index (χ3n) is 5.46. The second kappa shape index (κ2) is 9.27. The van der Waals surface area contributed by atoms with Crippen LogP contribution in [0.25, 0.3) is 0 Å². The number of hydrogen-bond donors (Lipinski definition) is 0. The van der Waals surface area contributed by atoms with Gasteiger partial charge in [0.05, 0.1) is 10.9 Å². The maximum Gasteiger partial charge on any atom is 0.402 e. The Labute approximate surface area is 200 Å². The Morgan fingerprint density at radius 1 is 0.818 bits per heavy atom. The molecule has 1 saturated heterocycles. The van der Waals surface area contributed by atoms with E-state index < -0.39 is 34.7 Å². The maximum atomic E-state index is 13.7. The van der Waals surface area contributed by atoms with E-state index in [9.17, 15) is 21.6 Å². The van der Waals surface area contributed by atoms with Gasteiger partial charge in [0, 0.05) is 22.5 Å². The molecule has 0 bridgehead atoms. The lowest BCUT2D eigenvalue weighted by Gasteiger charge is -2.32. The summed E-state index contributed by atoms with van der Waals surface area (Å²) in [6.45, 7) is -1.54. The average molecular weight is 515 g/mol. The van der Waals surface area contributed by atoms with E-state index in [0.29, 0.717) is 15.6 Å². The molecule has 0 aliphatic carbocycles. The summed E-state index contributed by atoms with van der Waals surface area (Å²) in [6, 6.07) is 19.9. The molecule has 1 fully saturated rings. The second-order valence-electron chi connectivity index (χ2n) is 7.71. The Kier molecular flexibility index (Phi) is 6.75. The maximum absolute atomic E-state index is 13.7. The molecule has 174 valence electrons. The van der Waals surface area contributed by atoms with Crippen molar-refractivity contribution in [2.75, 3.05) is 13.1 Å². The molecule has 2 unspecified atom stereocenters. The molecule has 3 aromatic rings. The number of rotatable bonds is 5. The minimum absolute atomic E-state index is 0.135. The Bertz CT molecular complexity index is 1210. The van der Waals surface area contributed by atoms with E-state index in [1.54, 1.807) is 54.6 Å². The Balaban J connectivity index is 1.90. The number of hydrazine groups is 1.